The molecule has 0 radical (unpaired) electrons. The maximum absolute atomic E-state index is 13.1. The highest BCUT2D eigenvalue weighted by Crippen LogP contribution is 2.45. The van der Waals surface area contributed by atoms with Gasteiger partial charge in [0, 0.05) is 19.3 Å². The minimum atomic E-state index is -4.95. The van der Waals surface area contributed by atoms with Gasteiger partial charge in [0.2, 0.25) is 0 Å². The third-order valence-corrected chi connectivity index (χ3v) is 21.5. The molecular formula is C101H170O16P2. The van der Waals surface area contributed by atoms with Crippen LogP contribution >= 0.6 is 15.6 Å². The highest BCUT2D eigenvalue weighted by Gasteiger charge is 2.29. The van der Waals surface area contributed by atoms with E-state index in [0.29, 0.717) is 19.3 Å². The van der Waals surface area contributed by atoms with E-state index in [1.54, 1.807) is 0 Å². The van der Waals surface area contributed by atoms with Crippen molar-refractivity contribution in [2.45, 2.75) is 399 Å². The van der Waals surface area contributed by atoms with Gasteiger partial charge >= 0.3 is 33.6 Å². The summed E-state index contributed by atoms with van der Waals surface area (Å²) in [5, 5.41) is 20.8. The molecule has 0 amide bonds. The molecule has 0 aromatic carbocycles. The maximum atomic E-state index is 13.1. The fourth-order valence-electron chi connectivity index (χ4n) is 12.5. The molecule has 0 saturated carbocycles. The molecular weight excluding hydrogens is 1530 g/mol. The molecule has 680 valence electrons. The van der Waals surface area contributed by atoms with E-state index in [4.69, 9.17) is 32.3 Å². The first kappa shape index (κ1) is 114. The van der Waals surface area contributed by atoms with Crippen LogP contribution in [0.3, 0.4) is 0 Å². The SMILES string of the molecule is CC/C=C\C/C=C\C/C=C\C/C=C\C/C=C\C/C=C\CCCCCCCCCCC(=O)OCC(COP(=O)(O)OCC(O)COP(=O)(O)OCC(O)COC(=O)CCCCCCCCCCCCCCCCC/C=C\C/C=C\C/C=C\C/C=C\CCCCC)OC(=O)CCCCCCCCCCC/C=C\C/C=C\C/C=C\C/C=C\C/C=C\CC. The van der Waals surface area contributed by atoms with Crippen LogP contribution in [0.15, 0.2) is 182 Å². The average Bonchev–Trinajstić information content (AvgIpc) is 0.902. The van der Waals surface area contributed by atoms with Crippen LogP contribution in [0.1, 0.15) is 380 Å². The summed E-state index contributed by atoms with van der Waals surface area (Å²) in [5.74, 6) is -1.59. The van der Waals surface area contributed by atoms with E-state index in [2.05, 4.69) is 203 Å². The van der Waals surface area contributed by atoms with Crippen LogP contribution in [0.4, 0.5) is 0 Å². The Labute approximate surface area is 725 Å². The van der Waals surface area contributed by atoms with Crippen molar-refractivity contribution in [3.8, 4) is 0 Å². The lowest BCUT2D eigenvalue weighted by molar-refractivity contribution is -0.161. The zero-order valence-electron chi connectivity index (χ0n) is 75.0. The van der Waals surface area contributed by atoms with Crippen molar-refractivity contribution in [1.82, 2.24) is 0 Å². The van der Waals surface area contributed by atoms with E-state index in [1.807, 2.05) is 0 Å². The van der Waals surface area contributed by atoms with Gasteiger partial charge in [-0.05, 0) is 161 Å². The Balaban J connectivity index is 4.65. The van der Waals surface area contributed by atoms with Crippen molar-refractivity contribution in [3.05, 3.63) is 182 Å². The zero-order chi connectivity index (χ0) is 86.5. The fourth-order valence-corrected chi connectivity index (χ4v) is 14.1. The Morgan fingerprint density at radius 1 is 0.244 bits per heavy atom. The van der Waals surface area contributed by atoms with Gasteiger partial charge in [0.1, 0.15) is 25.4 Å². The van der Waals surface area contributed by atoms with Gasteiger partial charge in [-0.2, -0.15) is 0 Å². The normalized spacial score (nSPS) is 14.6. The molecule has 0 rings (SSSR count). The maximum Gasteiger partial charge on any atom is 0.472 e. The summed E-state index contributed by atoms with van der Waals surface area (Å²) in [7, 11) is -9.82. The summed E-state index contributed by atoms with van der Waals surface area (Å²) >= 11 is 0. The van der Waals surface area contributed by atoms with Crippen LogP contribution in [0.5, 0.6) is 0 Å². The van der Waals surface area contributed by atoms with Crippen LogP contribution in [0, 0.1) is 0 Å². The largest absolute Gasteiger partial charge is 0.472 e. The molecule has 119 heavy (non-hydrogen) atoms. The number of aliphatic hydroxyl groups excluding tert-OH is 2. The number of aliphatic hydroxyl groups is 2. The second kappa shape index (κ2) is 91.8. The van der Waals surface area contributed by atoms with Gasteiger partial charge in [-0.3, -0.25) is 32.5 Å². The van der Waals surface area contributed by atoms with E-state index in [-0.39, 0.29) is 19.3 Å². The summed E-state index contributed by atoms with van der Waals surface area (Å²) < 4.78 is 61.5. The highest BCUT2D eigenvalue weighted by atomic mass is 31.2. The summed E-state index contributed by atoms with van der Waals surface area (Å²) in [6.45, 7) is 2.45. The first-order chi connectivity index (χ1) is 58.2. The number of unbranched alkanes of at least 4 members (excludes halogenated alkanes) is 35. The van der Waals surface area contributed by atoms with Gasteiger partial charge in [-0.1, -0.05) is 383 Å². The standard InChI is InChI=1S/C101H170O16P2/c1-4-7-10-13-16-19-22-25-28-31-34-37-40-43-45-46-47-48-50-53-54-57-60-63-66-69-72-75-78-81-84-87-99(104)111-90-96(102)91-113-118(107,108)114-92-97(103)93-115-119(109,110)116-95-98(117-101(106)89-86-83-80-77-74-71-68-65-62-59-56-51-42-39-36-33-30-27-24-21-18-15-12-9-6-3)94-112-100(105)88-85-82-79-76-73-70-67-64-61-58-55-52-49-44-41-38-35-32-29-26-23-20-17-14-11-8-5-2/h8-9,11-12,16-21,25-30,34-39,43-45,49,51,55-56,58,96-98,102-103H,4-7,10,13-15,22-24,31-33,40-42,46-48,50,52-54,57,59-95H2,1-3H3,(H,107,108)(H,109,110)/b11-8-,12-9-,19-16-,20-17-,21-18-,28-25-,29-26-,30-27-,37-34-,38-35-,39-36-,45-43-,49-44-,56-51-,58-55-. The van der Waals surface area contributed by atoms with E-state index in [0.717, 1.165) is 193 Å². The lowest BCUT2D eigenvalue weighted by Crippen LogP contribution is -2.30. The number of hydrogen-bond donors (Lipinski definition) is 4. The topological polar surface area (TPSA) is 231 Å². The molecule has 0 aliphatic carbocycles. The van der Waals surface area contributed by atoms with Gasteiger partial charge in [0.25, 0.3) is 0 Å². The Bertz CT molecular complexity index is 2890. The van der Waals surface area contributed by atoms with Crippen LogP contribution in [0.25, 0.3) is 0 Å². The molecule has 18 heteroatoms. The van der Waals surface area contributed by atoms with E-state index < -0.39 is 91.5 Å². The van der Waals surface area contributed by atoms with Gasteiger partial charge in [-0.15, -0.1) is 0 Å². The molecule has 5 atom stereocenters. The van der Waals surface area contributed by atoms with Crippen molar-refractivity contribution in [2.24, 2.45) is 0 Å². The third-order valence-electron chi connectivity index (χ3n) is 19.6. The van der Waals surface area contributed by atoms with Crippen molar-refractivity contribution in [3.63, 3.8) is 0 Å². The van der Waals surface area contributed by atoms with Crippen molar-refractivity contribution >= 4 is 33.6 Å². The van der Waals surface area contributed by atoms with Crippen LogP contribution in [-0.2, 0) is 55.8 Å². The molecule has 0 aromatic heterocycles. The number of carbonyl (C=O) groups is 3. The third kappa shape index (κ3) is 93.2. The number of phosphoric acid groups is 2. The van der Waals surface area contributed by atoms with E-state index >= 15 is 0 Å². The Morgan fingerprint density at radius 3 is 0.706 bits per heavy atom. The van der Waals surface area contributed by atoms with Gasteiger partial charge in [0.05, 0.1) is 26.4 Å². The molecule has 0 bridgehead atoms. The number of esters is 3. The average molecular weight is 1700 g/mol. The quantitative estimate of drug-likeness (QED) is 0.0146. The second-order valence-corrected chi connectivity index (χ2v) is 34.0. The molecule has 16 nitrogen and oxygen atoms in total. The molecule has 0 aliphatic heterocycles. The molecule has 0 aromatic rings. The number of carbonyl (C=O) groups excluding carboxylic acids is 3. The number of hydrogen-bond acceptors (Lipinski definition) is 14. The van der Waals surface area contributed by atoms with Crippen molar-refractivity contribution in [1.29, 1.82) is 0 Å². The zero-order valence-corrected chi connectivity index (χ0v) is 76.8. The first-order valence-corrected chi connectivity index (χ1v) is 50.1. The lowest BCUT2D eigenvalue weighted by atomic mass is 10.0. The highest BCUT2D eigenvalue weighted by molar-refractivity contribution is 7.47. The molecule has 0 aliphatic rings. The van der Waals surface area contributed by atoms with Crippen LogP contribution in [0.2, 0.25) is 0 Å². The van der Waals surface area contributed by atoms with Gasteiger partial charge in [-0.25, -0.2) is 9.13 Å². The second-order valence-electron chi connectivity index (χ2n) is 31.0. The first-order valence-electron chi connectivity index (χ1n) is 47.1. The molecule has 0 saturated heterocycles. The summed E-state index contributed by atoms with van der Waals surface area (Å²) in [5.41, 5.74) is 0. The molecule has 5 unspecified atom stereocenters. The minimum Gasteiger partial charge on any atom is -0.463 e. The minimum absolute atomic E-state index is 0.0888. The number of allylic oxidation sites excluding steroid dienone is 30. The number of rotatable bonds is 88. The van der Waals surface area contributed by atoms with Gasteiger partial charge < -0.3 is 34.2 Å². The van der Waals surface area contributed by atoms with Gasteiger partial charge in [0.15, 0.2) is 6.10 Å². The lowest BCUT2D eigenvalue weighted by Gasteiger charge is -2.21. The Morgan fingerprint density at radius 2 is 0.445 bits per heavy atom. The monoisotopic (exact) mass is 1700 g/mol. The predicted molar refractivity (Wildman–Crippen MR) is 500 cm³/mol. The van der Waals surface area contributed by atoms with E-state index in [9.17, 15) is 43.5 Å². The Hall–Kier alpha value is -5.35. The molecule has 4 N–H and O–H groups in total. The van der Waals surface area contributed by atoms with Crippen LogP contribution < -0.4 is 0 Å². The van der Waals surface area contributed by atoms with Crippen LogP contribution in [-0.4, -0.2) is 95.9 Å². The summed E-state index contributed by atoms with van der Waals surface area (Å²) in [6.07, 6.45) is 121. The predicted octanol–water partition coefficient (Wildman–Crippen LogP) is 29.2. The smallest absolute Gasteiger partial charge is 0.463 e. The summed E-state index contributed by atoms with van der Waals surface area (Å²) in [4.78, 5) is 59.1. The molecule has 0 spiro atoms. The Kier molecular flexibility index (Phi) is 87.7. The molecule has 0 heterocycles. The number of phosphoric ester groups is 2. The van der Waals surface area contributed by atoms with Crippen molar-refractivity contribution in [2.75, 3.05) is 39.6 Å². The fraction of sp³-hybridized carbons (Fsp3) is 0.673. The number of ether oxygens (including phenoxy) is 3. The van der Waals surface area contributed by atoms with Crippen molar-refractivity contribution < 1.29 is 75.8 Å². The van der Waals surface area contributed by atoms with E-state index in [1.165, 1.54) is 128 Å². The molecule has 0 fully saturated rings. The summed E-state index contributed by atoms with van der Waals surface area (Å²) in [6, 6.07) is 0.